The number of rotatable bonds is 5. The Balaban J connectivity index is 2.41. The number of alkyl halides is 1. The molecule has 0 aliphatic heterocycles. The minimum atomic E-state index is 0.0312. The summed E-state index contributed by atoms with van der Waals surface area (Å²) in [5.41, 5.74) is 1.31. The molecule has 0 fully saturated rings. The lowest BCUT2D eigenvalue weighted by Gasteiger charge is -2.18. The molecule has 14 heavy (non-hydrogen) atoms. The van der Waals surface area contributed by atoms with Crippen LogP contribution >= 0.6 is 11.6 Å². The number of nitrogens with zero attached hydrogens (tertiary/aromatic N) is 1. The van der Waals surface area contributed by atoms with Gasteiger partial charge in [0.2, 0.25) is 0 Å². The molecular formula is C12H16ClN. The quantitative estimate of drug-likeness (QED) is 0.533. The van der Waals surface area contributed by atoms with Crippen LogP contribution in [0.25, 0.3) is 0 Å². The van der Waals surface area contributed by atoms with Crippen LogP contribution in [-0.4, -0.2) is 23.9 Å². The third-order valence-corrected chi connectivity index (χ3v) is 2.35. The number of benzene rings is 1. The molecular weight excluding hydrogens is 194 g/mol. The second kappa shape index (κ2) is 5.84. The van der Waals surface area contributed by atoms with Crippen LogP contribution < -0.4 is 0 Å². The van der Waals surface area contributed by atoms with Gasteiger partial charge in [0.1, 0.15) is 0 Å². The van der Waals surface area contributed by atoms with Crippen molar-refractivity contribution in [3.8, 4) is 0 Å². The molecule has 1 unspecified atom stereocenters. The molecule has 0 N–H and O–H groups in total. The molecule has 0 spiro atoms. The van der Waals surface area contributed by atoms with Gasteiger partial charge in [-0.3, -0.25) is 0 Å². The van der Waals surface area contributed by atoms with E-state index in [4.69, 9.17) is 11.6 Å². The van der Waals surface area contributed by atoms with Gasteiger partial charge in [0.25, 0.3) is 0 Å². The van der Waals surface area contributed by atoms with Crippen molar-refractivity contribution >= 4 is 11.6 Å². The predicted octanol–water partition coefficient (Wildman–Crippen LogP) is 2.91. The van der Waals surface area contributed by atoms with E-state index < -0.39 is 0 Å². The molecule has 2 heteroatoms. The Morgan fingerprint density at radius 1 is 1.43 bits per heavy atom. The van der Waals surface area contributed by atoms with Gasteiger partial charge in [-0.05, 0) is 12.6 Å². The van der Waals surface area contributed by atoms with E-state index >= 15 is 0 Å². The molecule has 0 amide bonds. The van der Waals surface area contributed by atoms with Crippen LogP contribution in [0, 0.1) is 0 Å². The average molecular weight is 210 g/mol. The van der Waals surface area contributed by atoms with E-state index in [9.17, 15) is 0 Å². The van der Waals surface area contributed by atoms with Crippen molar-refractivity contribution in [1.82, 2.24) is 4.90 Å². The first kappa shape index (κ1) is 11.3. The van der Waals surface area contributed by atoms with Crippen molar-refractivity contribution in [3.63, 3.8) is 0 Å². The Morgan fingerprint density at radius 2 is 2.07 bits per heavy atom. The first-order valence-corrected chi connectivity index (χ1v) is 5.15. The third-order valence-electron chi connectivity index (χ3n) is 2.04. The van der Waals surface area contributed by atoms with Gasteiger partial charge in [-0.2, -0.15) is 0 Å². The van der Waals surface area contributed by atoms with Gasteiger partial charge < -0.3 is 4.90 Å². The fraction of sp³-hybridized carbons (Fsp3) is 0.333. The van der Waals surface area contributed by atoms with Crippen molar-refractivity contribution in [3.05, 3.63) is 48.6 Å². The van der Waals surface area contributed by atoms with Gasteiger partial charge in [0.15, 0.2) is 0 Å². The smallest absolute Gasteiger partial charge is 0.0640 e. The minimum absolute atomic E-state index is 0.0312. The van der Waals surface area contributed by atoms with E-state index in [2.05, 4.69) is 42.8 Å². The minimum Gasteiger partial charge on any atom is -0.300 e. The normalized spacial score (nSPS) is 12.8. The second-order valence-corrected chi connectivity index (χ2v) is 3.99. The SMILES string of the molecule is C=CC(Cl)CN(C)Cc1ccccc1. The number of hydrogen-bond donors (Lipinski definition) is 0. The van der Waals surface area contributed by atoms with Crippen LogP contribution in [0.4, 0.5) is 0 Å². The maximum absolute atomic E-state index is 5.97. The molecule has 1 rings (SSSR count). The summed E-state index contributed by atoms with van der Waals surface area (Å²) in [6.07, 6.45) is 1.77. The van der Waals surface area contributed by atoms with Gasteiger partial charge in [-0.15, -0.1) is 18.2 Å². The van der Waals surface area contributed by atoms with Crippen LogP contribution in [0.2, 0.25) is 0 Å². The molecule has 0 bridgehead atoms. The monoisotopic (exact) mass is 209 g/mol. The summed E-state index contributed by atoms with van der Waals surface area (Å²) in [6.45, 7) is 5.42. The summed E-state index contributed by atoms with van der Waals surface area (Å²) < 4.78 is 0. The fourth-order valence-electron chi connectivity index (χ4n) is 1.33. The molecule has 0 aromatic heterocycles. The van der Waals surface area contributed by atoms with E-state index in [-0.39, 0.29) is 5.38 Å². The summed E-state index contributed by atoms with van der Waals surface area (Å²) in [6, 6.07) is 10.4. The molecule has 76 valence electrons. The predicted molar refractivity (Wildman–Crippen MR) is 62.6 cm³/mol. The number of hydrogen-bond acceptors (Lipinski definition) is 1. The third kappa shape index (κ3) is 3.95. The van der Waals surface area contributed by atoms with E-state index in [0.717, 1.165) is 13.1 Å². The summed E-state index contributed by atoms with van der Waals surface area (Å²) in [5.74, 6) is 0. The van der Waals surface area contributed by atoms with Crippen molar-refractivity contribution in [2.45, 2.75) is 11.9 Å². The average Bonchev–Trinajstić information content (AvgIpc) is 2.19. The van der Waals surface area contributed by atoms with Crippen molar-refractivity contribution in [2.24, 2.45) is 0 Å². The van der Waals surface area contributed by atoms with Gasteiger partial charge in [0, 0.05) is 13.1 Å². The molecule has 1 aromatic rings. The van der Waals surface area contributed by atoms with Crippen LogP contribution in [0.15, 0.2) is 43.0 Å². The van der Waals surface area contributed by atoms with Crippen LogP contribution in [-0.2, 0) is 6.54 Å². The highest BCUT2D eigenvalue weighted by Crippen LogP contribution is 2.05. The lowest BCUT2D eigenvalue weighted by atomic mass is 10.2. The van der Waals surface area contributed by atoms with E-state index in [1.807, 2.05) is 6.07 Å². The lowest BCUT2D eigenvalue weighted by molar-refractivity contribution is 0.336. The molecule has 1 nitrogen and oxygen atoms in total. The highest BCUT2D eigenvalue weighted by molar-refractivity contribution is 6.21. The zero-order chi connectivity index (χ0) is 10.4. The zero-order valence-electron chi connectivity index (χ0n) is 8.49. The molecule has 0 radical (unpaired) electrons. The molecule has 0 aliphatic rings. The Hall–Kier alpha value is -0.790. The molecule has 0 heterocycles. The first-order chi connectivity index (χ1) is 6.72. The standard InChI is InChI=1S/C12H16ClN/c1-3-12(13)10-14(2)9-11-7-5-4-6-8-11/h3-8,12H,1,9-10H2,2H3. The lowest BCUT2D eigenvalue weighted by Crippen LogP contribution is -2.24. The van der Waals surface area contributed by atoms with Gasteiger partial charge in [-0.25, -0.2) is 0 Å². The van der Waals surface area contributed by atoms with Crippen molar-refractivity contribution < 1.29 is 0 Å². The number of halogens is 1. The summed E-state index contributed by atoms with van der Waals surface area (Å²) in [5, 5.41) is 0.0312. The Kier molecular flexibility index (Phi) is 4.71. The highest BCUT2D eigenvalue weighted by Gasteiger charge is 2.04. The molecule has 0 saturated carbocycles. The molecule has 0 aliphatic carbocycles. The van der Waals surface area contributed by atoms with E-state index in [1.54, 1.807) is 6.08 Å². The topological polar surface area (TPSA) is 3.24 Å². The maximum atomic E-state index is 5.97. The fourth-order valence-corrected chi connectivity index (χ4v) is 1.57. The van der Waals surface area contributed by atoms with E-state index in [0.29, 0.717) is 0 Å². The summed E-state index contributed by atoms with van der Waals surface area (Å²) >= 11 is 5.97. The maximum Gasteiger partial charge on any atom is 0.0640 e. The zero-order valence-corrected chi connectivity index (χ0v) is 9.24. The molecule has 1 atom stereocenters. The largest absolute Gasteiger partial charge is 0.300 e. The Bertz CT molecular complexity index is 271. The van der Waals surface area contributed by atoms with Gasteiger partial charge >= 0.3 is 0 Å². The van der Waals surface area contributed by atoms with Gasteiger partial charge in [-0.1, -0.05) is 36.4 Å². The summed E-state index contributed by atoms with van der Waals surface area (Å²) in [7, 11) is 2.06. The van der Waals surface area contributed by atoms with Crippen molar-refractivity contribution in [1.29, 1.82) is 0 Å². The molecule has 1 aromatic carbocycles. The molecule has 0 saturated heterocycles. The Morgan fingerprint density at radius 3 is 2.64 bits per heavy atom. The Labute approximate surface area is 91.0 Å². The summed E-state index contributed by atoms with van der Waals surface area (Å²) in [4.78, 5) is 2.19. The second-order valence-electron chi connectivity index (χ2n) is 3.43. The van der Waals surface area contributed by atoms with Crippen molar-refractivity contribution in [2.75, 3.05) is 13.6 Å². The first-order valence-electron chi connectivity index (χ1n) is 4.71. The van der Waals surface area contributed by atoms with Crippen LogP contribution in [0.1, 0.15) is 5.56 Å². The van der Waals surface area contributed by atoms with Gasteiger partial charge in [0.05, 0.1) is 5.38 Å². The highest BCUT2D eigenvalue weighted by atomic mass is 35.5. The van der Waals surface area contributed by atoms with E-state index in [1.165, 1.54) is 5.56 Å². The van der Waals surface area contributed by atoms with Crippen LogP contribution in [0.5, 0.6) is 0 Å². The van der Waals surface area contributed by atoms with Crippen LogP contribution in [0.3, 0.4) is 0 Å².